The highest BCUT2D eigenvalue weighted by Gasteiger charge is 2.55. The SMILES string of the molecule is CCn1cc(-c2cnc3[nH]cc(C(=O)NC(C(=O)N4CCC(O)(C(F)(F)F)CC4)C4CC4)c3n2)cn1. The number of aliphatic hydroxyl groups is 1. The minimum Gasteiger partial charge on any atom is -0.380 e. The van der Waals surface area contributed by atoms with Crippen molar-refractivity contribution in [2.45, 2.75) is 57.0 Å². The molecule has 4 heterocycles. The molecule has 1 saturated carbocycles. The van der Waals surface area contributed by atoms with Gasteiger partial charge in [-0.3, -0.25) is 14.3 Å². The van der Waals surface area contributed by atoms with Crippen LogP contribution in [-0.2, 0) is 11.3 Å². The first-order valence-electron chi connectivity index (χ1n) is 11.9. The third-order valence-corrected chi connectivity index (χ3v) is 6.95. The van der Waals surface area contributed by atoms with Crippen molar-refractivity contribution in [3.63, 3.8) is 0 Å². The molecule has 0 aromatic carbocycles. The average Bonchev–Trinajstić information content (AvgIpc) is 3.41. The van der Waals surface area contributed by atoms with E-state index in [1.807, 2.05) is 13.1 Å². The zero-order chi connectivity index (χ0) is 25.7. The Morgan fingerprint density at radius 1 is 1.28 bits per heavy atom. The van der Waals surface area contributed by atoms with Crippen molar-refractivity contribution >= 4 is 23.0 Å². The molecule has 2 fully saturated rings. The van der Waals surface area contributed by atoms with E-state index in [0.717, 1.165) is 18.4 Å². The van der Waals surface area contributed by atoms with Crippen LogP contribution < -0.4 is 5.32 Å². The Balaban J connectivity index is 1.33. The van der Waals surface area contributed by atoms with Crippen molar-refractivity contribution in [3.8, 4) is 11.3 Å². The van der Waals surface area contributed by atoms with Crippen LogP contribution in [0.15, 0.2) is 24.8 Å². The Labute approximate surface area is 203 Å². The highest BCUT2D eigenvalue weighted by Crippen LogP contribution is 2.39. The number of halogens is 3. The predicted molar refractivity (Wildman–Crippen MR) is 122 cm³/mol. The van der Waals surface area contributed by atoms with Crippen molar-refractivity contribution in [3.05, 3.63) is 30.4 Å². The van der Waals surface area contributed by atoms with Gasteiger partial charge in [-0.15, -0.1) is 0 Å². The summed E-state index contributed by atoms with van der Waals surface area (Å²) in [5.74, 6) is -1.05. The van der Waals surface area contributed by atoms with E-state index in [2.05, 4.69) is 25.4 Å². The number of fused-ring (bicyclic) bond motifs is 1. The molecule has 0 radical (unpaired) electrons. The van der Waals surface area contributed by atoms with E-state index in [1.165, 1.54) is 11.1 Å². The van der Waals surface area contributed by atoms with Gasteiger partial charge in [-0.05, 0) is 25.7 Å². The normalized spacial score (nSPS) is 18.9. The molecule has 3 aromatic heterocycles. The summed E-state index contributed by atoms with van der Waals surface area (Å²) in [6.45, 7) is 2.18. The Hall–Kier alpha value is -3.48. The van der Waals surface area contributed by atoms with Crippen LogP contribution in [0.3, 0.4) is 0 Å². The number of carbonyl (C=O) groups is 2. The second-order valence-corrected chi connectivity index (χ2v) is 9.38. The number of hydrogen-bond acceptors (Lipinski definition) is 6. The van der Waals surface area contributed by atoms with Crippen LogP contribution in [0.25, 0.3) is 22.4 Å². The van der Waals surface area contributed by atoms with Crippen molar-refractivity contribution in [1.82, 2.24) is 34.9 Å². The Kier molecular flexibility index (Phi) is 5.97. The average molecular weight is 506 g/mol. The first kappa shape index (κ1) is 24.2. The van der Waals surface area contributed by atoms with Crippen molar-refractivity contribution < 1.29 is 27.9 Å². The molecule has 13 heteroatoms. The number of rotatable bonds is 6. The van der Waals surface area contributed by atoms with Gasteiger partial charge in [-0.1, -0.05) is 0 Å². The van der Waals surface area contributed by atoms with Gasteiger partial charge in [0, 0.05) is 50.4 Å². The first-order valence-corrected chi connectivity index (χ1v) is 11.9. The van der Waals surface area contributed by atoms with Gasteiger partial charge in [-0.2, -0.15) is 18.3 Å². The van der Waals surface area contributed by atoms with E-state index in [1.54, 1.807) is 17.1 Å². The lowest BCUT2D eigenvalue weighted by molar-refractivity contribution is -0.272. The lowest BCUT2D eigenvalue weighted by Crippen LogP contribution is -2.57. The molecular formula is C23H26F3N7O3. The van der Waals surface area contributed by atoms with E-state index in [4.69, 9.17) is 0 Å². The summed E-state index contributed by atoms with van der Waals surface area (Å²) in [7, 11) is 0. The fourth-order valence-corrected chi connectivity index (χ4v) is 4.48. The summed E-state index contributed by atoms with van der Waals surface area (Å²) in [4.78, 5) is 39.5. The van der Waals surface area contributed by atoms with Crippen LogP contribution in [0.4, 0.5) is 13.2 Å². The van der Waals surface area contributed by atoms with Crippen LogP contribution in [0.2, 0.25) is 0 Å². The molecule has 3 N–H and O–H groups in total. The number of aromatic nitrogens is 5. The number of H-pyrrole nitrogens is 1. The second-order valence-electron chi connectivity index (χ2n) is 9.38. The maximum atomic E-state index is 13.2. The van der Waals surface area contributed by atoms with E-state index in [0.29, 0.717) is 23.4 Å². The van der Waals surface area contributed by atoms with Gasteiger partial charge in [0.25, 0.3) is 5.91 Å². The second kappa shape index (κ2) is 8.87. The number of likely N-dealkylation sites (tertiary alicyclic amines) is 1. The minimum atomic E-state index is -4.75. The van der Waals surface area contributed by atoms with Crippen molar-refractivity contribution in [2.75, 3.05) is 13.1 Å². The summed E-state index contributed by atoms with van der Waals surface area (Å²) >= 11 is 0. The van der Waals surface area contributed by atoms with E-state index in [9.17, 15) is 27.9 Å². The van der Waals surface area contributed by atoms with Gasteiger partial charge in [0.1, 0.15) is 11.6 Å². The van der Waals surface area contributed by atoms with Gasteiger partial charge < -0.3 is 20.3 Å². The Morgan fingerprint density at radius 3 is 2.61 bits per heavy atom. The molecule has 2 amide bonds. The molecule has 192 valence electrons. The monoisotopic (exact) mass is 505 g/mol. The smallest absolute Gasteiger partial charge is 0.380 e. The quantitative estimate of drug-likeness (QED) is 0.472. The number of hydrogen-bond donors (Lipinski definition) is 3. The van der Waals surface area contributed by atoms with Gasteiger partial charge in [0.2, 0.25) is 5.91 Å². The Bertz CT molecular complexity index is 1290. The van der Waals surface area contributed by atoms with Gasteiger partial charge in [0.15, 0.2) is 11.2 Å². The lowest BCUT2D eigenvalue weighted by atomic mass is 9.90. The largest absolute Gasteiger partial charge is 0.417 e. The predicted octanol–water partition coefficient (Wildman–Crippen LogP) is 2.27. The summed E-state index contributed by atoms with van der Waals surface area (Å²) in [5, 5.41) is 16.9. The van der Waals surface area contributed by atoms with Gasteiger partial charge >= 0.3 is 6.18 Å². The van der Waals surface area contributed by atoms with E-state index in [-0.39, 0.29) is 24.6 Å². The lowest BCUT2D eigenvalue weighted by Gasteiger charge is -2.40. The maximum Gasteiger partial charge on any atom is 0.417 e. The molecule has 10 nitrogen and oxygen atoms in total. The molecule has 1 saturated heterocycles. The molecule has 1 aliphatic heterocycles. The summed E-state index contributed by atoms with van der Waals surface area (Å²) in [6.07, 6.45) is 2.05. The molecule has 0 bridgehead atoms. The molecule has 1 aliphatic carbocycles. The van der Waals surface area contributed by atoms with Crippen LogP contribution in [0.5, 0.6) is 0 Å². The van der Waals surface area contributed by atoms with E-state index >= 15 is 0 Å². The number of aromatic amines is 1. The molecule has 36 heavy (non-hydrogen) atoms. The van der Waals surface area contributed by atoms with E-state index < -0.39 is 42.5 Å². The number of nitrogens with one attached hydrogen (secondary N) is 2. The fraction of sp³-hybridized carbons (Fsp3) is 0.522. The Morgan fingerprint density at radius 2 is 2.00 bits per heavy atom. The number of carbonyl (C=O) groups excluding carboxylic acids is 2. The number of nitrogens with zero attached hydrogens (tertiary/aromatic N) is 5. The standard InChI is InChI=1S/C23H26F3N7O3/c1-2-33-12-14(9-29-33)16-11-28-19-18(30-16)15(10-27-19)20(34)31-17(13-3-4-13)21(35)32-7-5-22(36,6-8-32)23(24,25)26/h9-13,17,36H,2-8H2,1H3,(H,27,28)(H,31,34). The topological polar surface area (TPSA) is 129 Å². The third-order valence-electron chi connectivity index (χ3n) is 6.95. The number of amides is 2. The van der Waals surface area contributed by atoms with Crippen LogP contribution >= 0.6 is 0 Å². The number of piperidine rings is 1. The zero-order valence-corrected chi connectivity index (χ0v) is 19.5. The number of aryl methyl sites for hydroxylation is 1. The zero-order valence-electron chi connectivity index (χ0n) is 19.5. The van der Waals surface area contributed by atoms with Crippen LogP contribution in [-0.4, -0.2) is 77.5 Å². The highest BCUT2D eigenvalue weighted by atomic mass is 19.4. The maximum absolute atomic E-state index is 13.2. The molecule has 5 rings (SSSR count). The summed E-state index contributed by atoms with van der Waals surface area (Å²) in [6, 6.07) is -0.863. The van der Waals surface area contributed by atoms with Crippen molar-refractivity contribution in [2.24, 2.45) is 5.92 Å². The molecule has 2 aliphatic rings. The van der Waals surface area contributed by atoms with Gasteiger partial charge in [-0.25, -0.2) is 9.97 Å². The molecular weight excluding hydrogens is 479 g/mol. The molecule has 0 spiro atoms. The first-order chi connectivity index (χ1) is 17.1. The van der Waals surface area contributed by atoms with Gasteiger partial charge in [0.05, 0.1) is 23.7 Å². The van der Waals surface area contributed by atoms with Crippen LogP contribution in [0.1, 0.15) is 43.0 Å². The summed E-state index contributed by atoms with van der Waals surface area (Å²) < 4.78 is 41.1. The molecule has 1 unspecified atom stereocenters. The molecule has 1 atom stereocenters. The summed E-state index contributed by atoms with van der Waals surface area (Å²) in [5.41, 5.74) is -0.556. The van der Waals surface area contributed by atoms with Crippen LogP contribution in [0, 0.1) is 5.92 Å². The number of alkyl halides is 3. The third kappa shape index (κ3) is 4.43. The molecule has 3 aromatic rings. The fourth-order valence-electron chi connectivity index (χ4n) is 4.48. The highest BCUT2D eigenvalue weighted by molar-refractivity contribution is 6.06. The minimum absolute atomic E-state index is 0.0865. The van der Waals surface area contributed by atoms with Crippen molar-refractivity contribution in [1.29, 1.82) is 0 Å².